The smallest absolute Gasteiger partial charge is 0.273 e. The number of nitrogens with zero attached hydrogens (tertiary/aromatic N) is 2. The normalized spacial score (nSPS) is 15.4. The van der Waals surface area contributed by atoms with Crippen molar-refractivity contribution in [3.63, 3.8) is 0 Å². The van der Waals surface area contributed by atoms with Crippen molar-refractivity contribution in [1.82, 2.24) is 9.69 Å². The van der Waals surface area contributed by atoms with Crippen molar-refractivity contribution in [3.8, 4) is 11.5 Å². The first-order valence-electron chi connectivity index (χ1n) is 12.0. The van der Waals surface area contributed by atoms with Gasteiger partial charge in [0.2, 0.25) is 5.91 Å². The lowest BCUT2D eigenvalue weighted by Crippen LogP contribution is -2.45. The molecule has 0 spiro atoms. The second-order valence-electron chi connectivity index (χ2n) is 8.69. The predicted octanol–water partition coefficient (Wildman–Crippen LogP) is 2.66. The van der Waals surface area contributed by atoms with Crippen molar-refractivity contribution in [2.75, 3.05) is 38.0 Å². The Morgan fingerprint density at radius 2 is 1.95 bits per heavy atom. The number of nitrogen functional groups attached to an aromatic ring is 1. The van der Waals surface area contributed by atoms with Gasteiger partial charge in [0.15, 0.2) is 5.69 Å². The van der Waals surface area contributed by atoms with E-state index in [9.17, 15) is 18.8 Å². The number of halogens is 1. The fourth-order valence-corrected chi connectivity index (χ4v) is 5.01. The molecule has 3 amide bonds. The van der Waals surface area contributed by atoms with Crippen LogP contribution >= 0.6 is 11.5 Å². The summed E-state index contributed by atoms with van der Waals surface area (Å²) in [6.45, 7) is 0.815. The number of ether oxygens (including phenoxy) is 3. The van der Waals surface area contributed by atoms with Gasteiger partial charge in [0.1, 0.15) is 28.2 Å². The van der Waals surface area contributed by atoms with E-state index in [0.717, 1.165) is 12.8 Å². The molecular formula is C26H28FN5O6S. The lowest BCUT2D eigenvalue weighted by molar-refractivity contribution is -0.123. The molecule has 1 fully saturated rings. The molecule has 3 aromatic rings. The molecule has 13 heteroatoms. The van der Waals surface area contributed by atoms with Gasteiger partial charge in [-0.25, -0.2) is 4.39 Å². The van der Waals surface area contributed by atoms with Gasteiger partial charge in [-0.15, -0.1) is 0 Å². The summed E-state index contributed by atoms with van der Waals surface area (Å²) < 4.78 is 34.3. The van der Waals surface area contributed by atoms with E-state index < -0.39 is 29.6 Å². The zero-order chi connectivity index (χ0) is 28.1. The van der Waals surface area contributed by atoms with Crippen LogP contribution in [0.1, 0.15) is 44.6 Å². The van der Waals surface area contributed by atoms with E-state index in [4.69, 9.17) is 25.7 Å². The molecule has 11 nitrogen and oxygen atoms in total. The standard InChI is InChI=1S/C26H28FN5O6S/c1-36-16-9-10-18(19(12-16)37-2)32(26(35)23-20(28)21(24(29)33)31-39-23)22(14-5-7-15(27)8-6-14)25(34)30-13-17-4-3-11-38-17/h5-10,12,17,22H,3-4,11,13,28H2,1-2H3,(H2,29,33)(H,30,34)/t17-,22-/m1/s1. The maximum atomic E-state index is 14.2. The summed E-state index contributed by atoms with van der Waals surface area (Å²) in [4.78, 5) is 40.8. The number of nitrogens with one attached hydrogen (secondary N) is 1. The number of rotatable bonds is 10. The summed E-state index contributed by atoms with van der Waals surface area (Å²) in [7, 11) is 2.87. The molecule has 39 heavy (non-hydrogen) atoms. The summed E-state index contributed by atoms with van der Waals surface area (Å²) in [5.74, 6) is -2.07. The van der Waals surface area contributed by atoms with Crippen molar-refractivity contribution in [3.05, 3.63) is 64.4 Å². The average Bonchev–Trinajstić information content (AvgIpc) is 3.60. The number of primary amides is 1. The summed E-state index contributed by atoms with van der Waals surface area (Å²) in [5, 5.41) is 2.86. The summed E-state index contributed by atoms with van der Waals surface area (Å²) in [6.07, 6.45) is 1.49. The molecule has 0 aliphatic carbocycles. The van der Waals surface area contributed by atoms with Crippen molar-refractivity contribution >= 4 is 40.6 Å². The molecule has 2 aromatic carbocycles. The molecule has 0 saturated carbocycles. The van der Waals surface area contributed by atoms with Crippen LogP contribution in [-0.2, 0) is 9.53 Å². The van der Waals surface area contributed by atoms with Gasteiger partial charge in [0, 0.05) is 19.2 Å². The second kappa shape index (κ2) is 12.1. The fourth-order valence-electron chi connectivity index (χ4n) is 4.27. The van der Waals surface area contributed by atoms with Gasteiger partial charge in [-0.1, -0.05) is 12.1 Å². The Morgan fingerprint density at radius 1 is 1.21 bits per heavy atom. The zero-order valence-corrected chi connectivity index (χ0v) is 22.1. The van der Waals surface area contributed by atoms with Crippen LogP contribution in [0.15, 0.2) is 42.5 Å². The van der Waals surface area contributed by atoms with Crippen LogP contribution in [0, 0.1) is 5.82 Å². The van der Waals surface area contributed by atoms with Crippen LogP contribution < -0.4 is 31.2 Å². The van der Waals surface area contributed by atoms with Gasteiger partial charge in [0.05, 0.1) is 31.7 Å². The number of anilines is 2. The molecule has 5 N–H and O–H groups in total. The van der Waals surface area contributed by atoms with Crippen molar-refractivity contribution in [2.45, 2.75) is 25.0 Å². The Kier molecular flexibility index (Phi) is 8.62. The van der Waals surface area contributed by atoms with Crippen LogP contribution in [0.3, 0.4) is 0 Å². The van der Waals surface area contributed by atoms with E-state index in [1.165, 1.54) is 43.4 Å². The minimum atomic E-state index is -1.31. The molecule has 206 valence electrons. The van der Waals surface area contributed by atoms with Crippen LogP contribution in [0.25, 0.3) is 0 Å². The Labute approximate surface area is 228 Å². The molecule has 2 atom stereocenters. The fraction of sp³-hybridized carbons (Fsp3) is 0.308. The lowest BCUT2D eigenvalue weighted by Gasteiger charge is -2.32. The molecule has 1 aliphatic rings. The summed E-state index contributed by atoms with van der Waals surface area (Å²) in [5.41, 5.74) is 11.5. The maximum absolute atomic E-state index is 14.2. The molecule has 1 aliphatic heterocycles. The first-order chi connectivity index (χ1) is 18.7. The minimum Gasteiger partial charge on any atom is -0.497 e. The highest BCUT2D eigenvalue weighted by atomic mass is 32.1. The molecular weight excluding hydrogens is 529 g/mol. The van der Waals surface area contributed by atoms with Crippen LogP contribution in [0.4, 0.5) is 15.8 Å². The zero-order valence-electron chi connectivity index (χ0n) is 21.3. The number of benzene rings is 2. The quantitative estimate of drug-likeness (QED) is 0.343. The third-order valence-corrected chi connectivity index (χ3v) is 7.09. The number of amides is 3. The number of carbonyl (C=O) groups excluding carboxylic acids is 3. The number of carbonyl (C=O) groups is 3. The molecule has 2 heterocycles. The summed E-state index contributed by atoms with van der Waals surface area (Å²) in [6, 6.07) is 8.58. The van der Waals surface area contributed by atoms with Gasteiger partial charge >= 0.3 is 0 Å². The van der Waals surface area contributed by atoms with Crippen LogP contribution in [-0.4, -0.2) is 55.6 Å². The number of aromatic nitrogens is 1. The highest BCUT2D eigenvalue weighted by Crippen LogP contribution is 2.39. The Morgan fingerprint density at radius 3 is 2.54 bits per heavy atom. The van der Waals surface area contributed by atoms with Crippen molar-refractivity contribution in [2.24, 2.45) is 5.73 Å². The number of nitrogens with two attached hydrogens (primary N) is 2. The Bertz CT molecular complexity index is 1360. The average molecular weight is 558 g/mol. The van der Waals surface area contributed by atoms with E-state index in [0.29, 0.717) is 29.5 Å². The number of methoxy groups -OCH3 is 2. The first-order valence-corrected chi connectivity index (χ1v) is 12.8. The van der Waals surface area contributed by atoms with Crippen molar-refractivity contribution < 1.29 is 33.0 Å². The van der Waals surface area contributed by atoms with E-state index >= 15 is 0 Å². The molecule has 1 aromatic heterocycles. The van der Waals surface area contributed by atoms with E-state index in [1.807, 2.05) is 0 Å². The topological polar surface area (TPSA) is 159 Å². The van der Waals surface area contributed by atoms with Gasteiger partial charge in [-0.2, -0.15) is 4.37 Å². The maximum Gasteiger partial charge on any atom is 0.273 e. The van der Waals surface area contributed by atoms with Gasteiger partial charge in [-0.05, 0) is 54.2 Å². The lowest BCUT2D eigenvalue weighted by atomic mass is 10.0. The van der Waals surface area contributed by atoms with E-state index in [-0.39, 0.29) is 40.3 Å². The number of hydrogen-bond donors (Lipinski definition) is 3. The second-order valence-corrected chi connectivity index (χ2v) is 9.46. The predicted molar refractivity (Wildman–Crippen MR) is 143 cm³/mol. The third kappa shape index (κ3) is 5.94. The molecule has 1 saturated heterocycles. The molecule has 0 bridgehead atoms. The highest BCUT2D eigenvalue weighted by Gasteiger charge is 2.38. The van der Waals surface area contributed by atoms with Crippen molar-refractivity contribution in [1.29, 1.82) is 0 Å². The molecule has 0 radical (unpaired) electrons. The first kappa shape index (κ1) is 27.8. The highest BCUT2D eigenvalue weighted by molar-refractivity contribution is 7.09. The Balaban J connectivity index is 1.87. The summed E-state index contributed by atoms with van der Waals surface area (Å²) >= 11 is 0.673. The van der Waals surface area contributed by atoms with Gasteiger partial charge in [0.25, 0.3) is 11.8 Å². The monoisotopic (exact) mass is 557 g/mol. The Hall–Kier alpha value is -4.23. The van der Waals surface area contributed by atoms with Crippen LogP contribution in [0.2, 0.25) is 0 Å². The minimum absolute atomic E-state index is 0.110. The van der Waals surface area contributed by atoms with Gasteiger partial charge in [-0.3, -0.25) is 19.3 Å². The van der Waals surface area contributed by atoms with E-state index in [2.05, 4.69) is 9.69 Å². The third-order valence-electron chi connectivity index (χ3n) is 6.24. The number of hydrogen-bond acceptors (Lipinski definition) is 9. The van der Waals surface area contributed by atoms with Crippen LogP contribution in [0.5, 0.6) is 11.5 Å². The van der Waals surface area contributed by atoms with Gasteiger partial charge < -0.3 is 31.0 Å². The van der Waals surface area contributed by atoms with E-state index in [1.54, 1.807) is 18.2 Å². The molecule has 4 rings (SSSR count). The SMILES string of the molecule is COc1ccc(N(C(=O)c2snc(C(N)=O)c2N)[C@@H](C(=O)NC[C@H]2CCCO2)c2ccc(F)cc2)c(OC)c1. The largest absolute Gasteiger partial charge is 0.497 e. The molecule has 0 unspecified atom stereocenters.